The number of rotatable bonds is 7. The van der Waals surface area contributed by atoms with E-state index in [1.165, 1.54) is 25.7 Å². The van der Waals surface area contributed by atoms with Gasteiger partial charge >= 0.3 is 0 Å². The molecular weight excluding hydrogens is 146 g/mol. The first-order chi connectivity index (χ1) is 5.70. The number of nitrogens with one attached hydrogen (secondary N) is 1. The minimum absolute atomic E-state index is 0.678. The first-order valence-electron chi connectivity index (χ1n) is 5.17. The van der Waals surface area contributed by atoms with Crippen molar-refractivity contribution in [2.24, 2.45) is 5.92 Å². The van der Waals surface area contributed by atoms with Crippen LogP contribution in [0, 0.1) is 12.8 Å². The SMILES string of the molecule is [CH2]CCC(C)CCCC(C)NC. The van der Waals surface area contributed by atoms with Crippen molar-refractivity contribution < 1.29 is 0 Å². The van der Waals surface area contributed by atoms with Gasteiger partial charge in [-0.1, -0.05) is 39.5 Å². The zero-order chi connectivity index (χ0) is 9.40. The van der Waals surface area contributed by atoms with Gasteiger partial charge in [-0.15, -0.1) is 0 Å². The van der Waals surface area contributed by atoms with Gasteiger partial charge in [-0.05, 0) is 26.3 Å². The van der Waals surface area contributed by atoms with E-state index in [4.69, 9.17) is 0 Å². The molecule has 0 aromatic carbocycles. The molecule has 0 aliphatic carbocycles. The lowest BCUT2D eigenvalue weighted by molar-refractivity contribution is 0.440. The van der Waals surface area contributed by atoms with Crippen LogP contribution in [0.2, 0.25) is 0 Å². The highest BCUT2D eigenvalue weighted by Crippen LogP contribution is 2.14. The van der Waals surface area contributed by atoms with Crippen LogP contribution in [0.3, 0.4) is 0 Å². The van der Waals surface area contributed by atoms with Crippen LogP contribution in [0.25, 0.3) is 0 Å². The summed E-state index contributed by atoms with van der Waals surface area (Å²) in [5.74, 6) is 0.867. The van der Waals surface area contributed by atoms with Crippen LogP contribution in [0.15, 0.2) is 0 Å². The fraction of sp³-hybridized carbons (Fsp3) is 0.909. The molecule has 0 aliphatic heterocycles. The molecule has 2 atom stereocenters. The summed E-state index contributed by atoms with van der Waals surface area (Å²) in [5, 5.41) is 3.26. The molecule has 1 nitrogen and oxygen atoms in total. The molecule has 0 aromatic rings. The summed E-state index contributed by atoms with van der Waals surface area (Å²) in [5.41, 5.74) is 0. The summed E-state index contributed by atoms with van der Waals surface area (Å²) in [6, 6.07) is 0.678. The third-order valence-corrected chi connectivity index (χ3v) is 2.52. The molecule has 12 heavy (non-hydrogen) atoms. The van der Waals surface area contributed by atoms with E-state index in [0.29, 0.717) is 6.04 Å². The Bertz CT molecular complexity index is 91.0. The van der Waals surface area contributed by atoms with Crippen LogP contribution in [-0.2, 0) is 0 Å². The van der Waals surface area contributed by atoms with E-state index in [1.807, 2.05) is 7.05 Å². The maximum absolute atomic E-state index is 3.87. The minimum atomic E-state index is 0.678. The van der Waals surface area contributed by atoms with Crippen LogP contribution in [0.4, 0.5) is 0 Å². The van der Waals surface area contributed by atoms with E-state index in [0.717, 1.165) is 12.3 Å². The van der Waals surface area contributed by atoms with Crippen LogP contribution in [0.5, 0.6) is 0 Å². The zero-order valence-electron chi connectivity index (χ0n) is 8.90. The van der Waals surface area contributed by atoms with Crippen molar-refractivity contribution in [2.75, 3.05) is 7.05 Å². The van der Waals surface area contributed by atoms with Gasteiger partial charge in [0.25, 0.3) is 0 Å². The predicted molar refractivity (Wildman–Crippen MR) is 56.1 cm³/mol. The average molecular weight is 170 g/mol. The lowest BCUT2D eigenvalue weighted by Crippen LogP contribution is -2.20. The van der Waals surface area contributed by atoms with E-state index < -0.39 is 0 Å². The summed E-state index contributed by atoms with van der Waals surface area (Å²) in [7, 11) is 2.03. The van der Waals surface area contributed by atoms with Crippen LogP contribution < -0.4 is 5.32 Å². The van der Waals surface area contributed by atoms with Crippen LogP contribution in [-0.4, -0.2) is 13.1 Å². The van der Waals surface area contributed by atoms with Crippen LogP contribution in [0.1, 0.15) is 46.0 Å². The lowest BCUT2D eigenvalue weighted by atomic mass is 9.98. The van der Waals surface area contributed by atoms with Gasteiger partial charge in [0, 0.05) is 6.04 Å². The van der Waals surface area contributed by atoms with Crippen molar-refractivity contribution in [3.63, 3.8) is 0 Å². The molecule has 0 saturated heterocycles. The number of hydrogen-bond acceptors (Lipinski definition) is 1. The molecule has 1 radical (unpaired) electrons. The molecule has 0 heterocycles. The van der Waals surface area contributed by atoms with Gasteiger partial charge < -0.3 is 5.32 Å². The normalized spacial score (nSPS) is 16.0. The molecule has 0 spiro atoms. The molecule has 1 heteroatoms. The molecule has 2 unspecified atom stereocenters. The van der Waals surface area contributed by atoms with Crippen LogP contribution >= 0.6 is 0 Å². The molecule has 0 fully saturated rings. The molecule has 0 rings (SSSR count). The van der Waals surface area contributed by atoms with Crippen molar-refractivity contribution >= 4 is 0 Å². The number of hydrogen-bond donors (Lipinski definition) is 1. The maximum Gasteiger partial charge on any atom is 0.00357 e. The Hall–Kier alpha value is -0.0400. The van der Waals surface area contributed by atoms with Gasteiger partial charge in [-0.25, -0.2) is 0 Å². The second kappa shape index (κ2) is 7.60. The fourth-order valence-corrected chi connectivity index (χ4v) is 1.41. The molecule has 0 amide bonds. The van der Waals surface area contributed by atoms with Crippen molar-refractivity contribution in [3.8, 4) is 0 Å². The second-order valence-corrected chi connectivity index (χ2v) is 3.87. The van der Waals surface area contributed by atoms with E-state index in [1.54, 1.807) is 0 Å². The monoisotopic (exact) mass is 170 g/mol. The third kappa shape index (κ3) is 6.66. The van der Waals surface area contributed by atoms with Gasteiger partial charge in [0.2, 0.25) is 0 Å². The first-order valence-corrected chi connectivity index (χ1v) is 5.17. The lowest BCUT2D eigenvalue weighted by Gasteiger charge is -2.12. The molecule has 73 valence electrons. The van der Waals surface area contributed by atoms with Gasteiger partial charge in [-0.2, -0.15) is 0 Å². The Kier molecular flexibility index (Phi) is 7.58. The van der Waals surface area contributed by atoms with Gasteiger partial charge in [0.15, 0.2) is 0 Å². The zero-order valence-corrected chi connectivity index (χ0v) is 8.90. The Morgan fingerprint density at radius 1 is 1.17 bits per heavy atom. The molecule has 0 aromatic heterocycles. The highest BCUT2D eigenvalue weighted by atomic mass is 14.8. The fourth-order valence-electron chi connectivity index (χ4n) is 1.41. The highest BCUT2D eigenvalue weighted by Gasteiger charge is 2.02. The van der Waals surface area contributed by atoms with Gasteiger partial charge in [0.05, 0.1) is 0 Å². The average Bonchev–Trinajstić information content (AvgIpc) is 2.04. The maximum atomic E-state index is 3.87. The topological polar surface area (TPSA) is 12.0 Å². The largest absolute Gasteiger partial charge is 0.317 e. The quantitative estimate of drug-likeness (QED) is 0.619. The van der Waals surface area contributed by atoms with Gasteiger partial charge in [0.1, 0.15) is 0 Å². The predicted octanol–water partition coefficient (Wildman–Crippen LogP) is 3.01. The summed E-state index contributed by atoms with van der Waals surface area (Å²) in [6.45, 7) is 8.44. The Morgan fingerprint density at radius 3 is 2.33 bits per heavy atom. The highest BCUT2D eigenvalue weighted by molar-refractivity contribution is 4.60. The van der Waals surface area contributed by atoms with E-state index in [-0.39, 0.29) is 0 Å². The molecular formula is C11H24N. The van der Waals surface area contributed by atoms with E-state index >= 15 is 0 Å². The molecule has 0 saturated carbocycles. The molecule has 1 N–H and O–H groups in total. The summed E-state index contributed by atoms with van der Waals surface area (Å²) < 4.78 is 0. The Labute approximate surface area is 77.9 Å². The Morgan fingerprint density at radius 2 is 1.83 bits per heavy atom. The van der Waals surface area contributed by atoms with Crippen molar-refractivity contribution in [1.82, 2.24) is 5.32 Å². The first kappa shape index (κ1) is 12.0. The summed E-state index contributed by atoms with van der Waals surface area (Å²) in [6.07, 6.45) is 6.39. The molecule has 0 bridgehead atoms. The van der Waals surface area contributed by atoms with E-state index in [9.17, 15) is 0 Å². The van der Waals surface area contributed by atoms with Crippen molar-refractivity contribution in [1.29, 1.82) is 0 Å². The third-order valence-electron chi connectivity index (χ3n) is 2.52. The van der Waals surface area contributed by atoms with Gasteiger partial charge in [-0.3, -0.25) is 0 Å². The summed E-state index contributed by atoms with van der Waals surface area (Å²) in [4.78, 5) is 0. The summed E-state index contributed by atoms with van der Waals surface area (Å²) >= 11 is 0. The van der Waals surface area contributed by atoms with Crippen molar-refractivity contribution in [2.45, 2.75) is 52.0 Å². The van der Waals surface area contributed by atoms with E-state index in [2.05, 4.69) is 26.1 Å². The second-order valence-electron chi connectivity index (χ2n) is 3.87. The Balaban J connectivity index is 3.18. The smallest absolute Gasteiger partial charge is 0.00357 e. The van der Waals surface area contributed by atoms with Crippen molar-refractivity contribution in [3.05, 3.63) is 6.92 Å². The molecule has 0 aliphatic rings. The standard InChI is InChI=1S/C11H24N/c1-5-7-10(2)8-6-9-11(3)12-4/h10-12H,1,5-9H2,2-4H3. The minimum Gasteiger partial charge on any atom is -0.317 e.